The summed E-state index contributed by atoms with van der Waals surface area (Å²) in [6.45, 7) is 4.87. The summed E-state index contributed by atoms with van der Waals surface area (Å²) < 4.78 is 77.4. The predicted octanol–water partition coefficient (Wildman–Crippen LogP) is 6.24. The number of fused-ring (bicyclic) bond motifs is 2. The second-order valence-electron chi connectivity index (χ2n) is 8.67. The molecule has 1 aliphatic carbocycles. The van der Waals surface area contributed by atoms with Gasteiger partial charge in [-0.3, -0.25) is 0 Å². The highest BCUT2D eigenvalue weighted by atomic mass is 19.4. The topological polar surface area (TPSA) is 47.0 Å². The monoisotopic (exact) mass is 451 g/mol. The number of alkyl halides is 3. The van der Waals surface area contributed by atoms with E-state index in [2.05, 4.69) is 15.3 Å². The lowest BCUT2D eigenvalue weighted by molar-refractivity contribution is -0.186. The van der Waals surface area contributed by atoms with E-state index >= 15 is 4.39 Å². The van der Waals surface area contributed by atoms with Gasteiger partial charge in [0.25, 0.3) is 0 Å². The Morgan fingerprint density at radius 3 is 2.44 bits per heavy atom. The number of ether oxygens (including phenoxy) is 1. The van der Waals surface area contributed by atoms with E-state index in [4.69, 9.17) is 4.74 Å². The van der Waals surface area contributed by atoms with E-state index in [-0.39, 0.29) is 28.6 Å². The fourth-order valence-electron chi connectivity index (χ4n) is 4.66. The van der Waals surface area contributed by atoms with E-state index in [1.165, 1.54) is 25.4 Å². The number of aromatic nitrogens is 2. The third-order valence-electron chi connectivity index (χ3n) is 6.05. The Kier molecular flexibility index (Phi) is 5.26. The average molecular weight is 451 g/mol. The van der Waals surface area contributed by atoms with Gasteiger partial charge in [0, 0.05) is 28.4 Å². The van der Waals surface area contributed by atoms with E-state index in [9.17, 15) is 17.6 Å². The number of nitrogens with one attached hydrogen (secondary N) is 1. The number of anilines is 1. The van der Waals surface area contributed by atoms with Gasteiger partial charge in [0.2, 0.25) is 0 Å². The van der Waals surface area contributed by atoms with Crippen LogP contribution in [0.2, 0.25) is 0 Å². The highest BCUT2D eigenvalue weighted by Gasteiger charge is 2.53. The SMILES string of the molecule is COc1ccc(F)c2c1C(C)(C)C[C@@H](C(F)(F)F)[C@@H]2Nc1ccc(F)c2nc(C)ncc12. The minimum Gasteiger partial charge on any atom is -0.496 e. The van der Waals surface area contributed by atoms with Crippen molar-refractivity contribution in [3.05, 3.63) is 59.0 Å². The van der Waals surface area contributed by atoms with Gasteiger partial charge in [0.1, 0.15) is 28.7 Å². The van der Waals surface area contributed by atoms with Crippen LogP contribution in [0.1, 0.15) is 43.3 Å². The molecular formula is C23H22F5N3O. The molecule has 32 heavy (non-hydrogen) atoms. The zero-order chi connectivity index (χ0) is 23.4. The Balaban J connectivity index is 1.95. The van der Waals surface area contributed by atoms with Crippen LogP contribution in [-0.2, 0) is 5.41 Å². The van der Waals surface area contributed by atoms with Gasteiger partial charge in [0.05, 0.1) is 19.1 Å². The molecule has 2 aromatic carbocycles. The zero-order valence-corrected chi connectivity index (χ0v) is 17.9. The number of nitrogens with zero attached hydrogens (tertiary/aromatic N) is 2. The molecule has 0 amide bonds. The molecule has 4 rings (SSSR count). The third-order valence-corrected chi connectivity index (χ3v) is 6.05. The van der Waals surface area contributed by atoms with E-state index in [0.29, 0.717) is 17.1 Å². The molecule has 1 heterocycles. The zero-order valence-electron chi connectivity index (χ0n) is 17.9. The summed E-state index contributed by atoms with van der Waals surface area (Å²) in [5.41, 5.74) is -0.543. The Morgan fingerprint density at radius 2 is 1.78 bits per heavy atom. The van der Waals surface area contributed by atoms with Gasteiger partial charge in [0.15, 0.2) is 0 Å². The number of rotatable bonds is 3. The van der Waals surface area contributed by atoms with Gasteiger partial charge in [-0.05, 0) is 43.0 Å². The van der Waals surface area contributed by atoms with Crippen molar-refractivity contribution in [3.63, 3.8) is 0 Å². The van der Waals surface area contributed by atoms with Crippen LogP contribution < -0.4 is 10.1 Å². The van der Waals surface area contributed by atoms with Crippen molar-refractivity contribution in [2.24, 2.45) is 5.92 Å². The first-order valence-electron chi connectivity index (χ1n) is 10.1. The molecule has 0 aliphatic heterocycles. The first-order chi connectivity index (χ1) is 14.9. The molecule has 0 bridgehead atoms. The van der Waals surface area contributed by atoms with E-state index in [0.717, 1.165) is 12.1 Å². The maximum atomic E-state index is 15.1. The maximum absolute atomic E-state index is 15.1. The summed E-state index contributed by atoms with van der Waals surface area (Å²) in [5, 5.41) is 3.07. The molecule has 1 aromatic heterocycles. The van der Waals surface area contributed by atoms with Crippen molar-refractivity contribution in [3.8, 4) is 5.75 Å². The molecule has 0 fully saturated rings. The van der Waals surface area contributed by atoms with Crippen molar-refractivity contribution < 1.29 is 26.7 Å². The number of hydrogen-bond acceptors (Lipinski definition) is 4. The summed E-state index contributed by atoms with van der Waals surface area (Å²) in [4.78, 5) is 8.11. The second-order valence-corrected chi connectivity index (χ2v) is 8.67. The number of halogens is 5. The lowest BCUT2D eigenvalue weighted by Crippen LogP contribution is -2.43. The van der Waals surface area contributed by atoms with Crippen LogP contribution in [0.15, 0.2) is 30.5 Å². The molecule has 0 saturated carbocycles. The molecular weight excluding hydrogens is 429 g/mol. The fourth-order valence-corrected chi connectivity index (χ4v) is 4.66. The number of methoxy groups -OCH3 is 1. The maximum Gasteiger partial charge on any atom is 0.394 e. The normalized spacial score (nSPS) is 20.2. The van der Waals surface area contributed by atoms with Crippen molar-refractivity contribution in [1.82, 2.24) is 9.97 Å². The molecule has 4 nitrogen and oxygen atoms in total. The molecule has 0 spiro atoms. The molecule has 0 unspecified atom stereocenters. The predicted molar refractivity (Wildman–Crippen MR) is 111 cm³/mol. The second kappa shape index (κ2) is 7.56. The summed E-state index contributed by atoms with van der Waals surface area (Å²) >= 11 is 0. The lowest BCUT2D eigenvalue weighted by atomic mass is 9.65. The van der Waals surface area contributed by atoms with E-state index in [1.54, 1.807) is 20.8 Å². The van der Waals surface area contributed by atoms with Gasteiger partial charge in [-0.15, -0.1) is 0 Å². The van der Waals surface area contributed by atoms with Crippen LogP contribution >= 0.6 is 0 Å². The van der Waals surface area contributed by atoms with Gasteiger partial charge >= 0.3 is 6.18 Å². The van der Waals surface area contributed by atoms with Crippen LogP contribution in [-0.4, -0.2) is 23.3 Å². The van der Waals surface area contributed by atoms with Crippen LogP contribution in [0.4, 0.5) is 27.6 Å². The van der Waals surface area contributed by atoms with Gasteiger partial charge < -0.3 is 10.1 Å². The van der Waals surface area contributed by atoms with Gasteiger partial charge in [-0.2, -0.15) is 13.2 Å². The number of benzene rings is 2. The third kappa shape index (κ3) is 3.63. The molecule has 1 aliphatic rings. The van der Waals surface area contributed by atoms with E-state index < -0.39 is 35.2 Å². The summed E-state index contributed by atoms with van der Waals surface area (Å²) in [7, 11) is 1.40. The first kappa shape index (κ1) is 22.2. The standard InChI is InChI=1S/C23H22F5N3O/c1-11-29-10-12-16(7-5-15(25)20(12)30-11)31-21-13(23(26,27)28)9-22(2,3)19-17(32-4)8-6-14(24)18(19)21/h5-8,10,13,21,31H,9H2,1-4H3/t13-,21+/m1/s1. The molecule has 3 aromatic rings. The Bertz CT molecular complexity index is 1190. The smallest absolute Gasteiger partial charge is 0.394 e. The van der Waals surface area contributed by atoms with Crippen molar-refractivity contribution >= 4 is 16.6 Å². The van der Waals surface area contributed by atoms with Crippen molar-refractivity contribution in [2.45, 2.75) is 44.8 Å². The minimum atomic E-state index is -4.61. The average Bonchev–Trinajstić information content (AvgIpc) is 2.71. The molecule has 0 radical (unpaired) electrons. The molecule has 170 valence electrons. The largest absolute Gasteiger partial charge is 0.496 e. The summed E-state index contributed by atoms with van der Waals surface area (Å²) in [6, 6.07) is 3.51. The highest BCUT2D eigenvalue weighted by molar-refractivity contribution is 5.91. The van der Waals surface area contributed by atoms with Crippen LogP contribution in [0.3, 0.4) is 0 Å². The number of aryl methyl sites for hydroxylation is 1. The molecule has 1 N–H and O–H groups in total. The molecule has 0 saturated heterocycles. The quantitative estimate of drug-likeness (QED) is 0.479. The van der Waals surface area contributed by atoms with Crippen LogP contribution in [0.25, 0.3) is 10.9 Å². The minimum absolute atomic E-state index is 0.0199. The summed E-state index contributed by atoms with van der Waals surface area (Å²) in [6.07, 6.45) is -3.54. The van der Waals surface area contributed by atoms with Gasteiger partial charge in [-0.25, -0.2) is 18.7 Å². The Morgan fingerprint density at radius 1 is 1.09 bits per heavy atom. The first-order valence-corrected chi connectivity index (χ1v) is 10.1. The van der Waals surface area contributed by atoms with Crippen molar-refractivity contribution in [1.29, 1.82) is 0 Å². The Labute approximate surface area is 181 Å². The van der Waals surface area contributed by atoms with Crippen LogP contribution in [0, 0.1) is 24.5 Å². The summed E-state index contributed by atoms with van der Waals surface area (Å²) in [5.74, 6) is -2.64. The van der Waals surface area contributed by atoms with Crippen LogP contribution in [0.5, 0.6) is 5.75 Å². The lowest BCUT2D eigenvalue weighted by Gasteiger charge is -2.44. The molecule has 2 atom stereocenters. The molecule has 9 heteroatoms. The number of hydrogen-bond donors (Lipinski definition) is 1. The highest BCUT2D eigenvalue weighted by Crippen LogP contribution is 2.54. The van der Waals surface area contributed by atoms with E-state index in [1.807, 2.05) is 0 Å². The Hall–Kier alpha value is -2.97. The fraction of sp³-hybridized carbons (Fsp3) is 0.391. The van der Waals surface area contributed by atoms with Gasteiger partial charge in [-0.1, -0.05) is 13.8 Å². The van der Waals surface area contributed by atoms with Crippen molar-refractivity contribution in [2.75, 3.05) is 12.4 Å².